The van der Waals surface area contributed by atoms with E-state index < -0.39 is 11.9 Å². The van der Waals surface area contributed by atoms with Crippen LogP contribution < -0.4 is 103 Å². The number of hydrogen-bond donors (Lipinski definition) is 0. The van der Waals surface area contributed by atoms with Crippen LogP contribution in [-0.4, -0.2) is 25.2 Å². The Hall–Kier alpha value is 1.43. The summed E-state index contributed by atoms with van der Waals surface area (Å²) in [6.45, 7) is 5.17. The standard InChI is InChI=1S/C24H38O4.2K.2H/c1-3-5-7-9-11-15-19-27-23(25)21-17-13-14-18-22(21)24(26)28-20-16-12-10-8-6-4-2;;;;/h13-14,17-18H,3-12,15-16,19-20H2,1-2H3;;;;/q;2*+1;2*-1. The number of carbonyl (C=O) groups excluding carboxylic acids is 2. The summed E-state index contributed by atoms with van der Waals surface area (Å²) in [7, 11) is 0. The van der Waals surface area contributed by atoms with Gasteiger partial charge in [-0.1, -0.05) is 90.2 Å². The number of hydrogen-bond acceptors (Lipinski definition) is 4. The minimum Gasteiger partial charge on any atom is -1.00 e. The summed E-state index contributed by atoms with van der Waals surface area (Å²) < 4.78 is 10.7. The predicted octanol–water partition coefficient (Wildman–Crippen LogP) is 0.954. The van der Waals surface area contributed by atoms with Crippen molar-refractivity contribution in [2.45, 2.75) is 90.9 Å². The maximum absolute atomic E-state index is 12.4. The number of rotatable bonds is 16. The van der Waals surface area contributed by atoms with Gasteiger partial charge >= 0.3 is 115 Å². The topological polar surface area (TPSA) is 52.6 Å². The average Bonchev–Trinajstić information content (AvgIpc) is 2.72. The summed E-state index contributed by atoms with van der Waals surface area (Å²) in [5.41, 5.74) is 0.586. The van der Waals surface area contributed by atoms with Crippen LogP contribution in [0.3, 0.4) is 0 Å². The Labute approximate surface area is 271 Å². The van der Waals surface area contributed by atoms with E-state index in [2.05, 4.69) is 13.8 Å². The Kier molecular flexibility index (Phi) is 26.4. The summed E-state index contributed by atoms with van der Waals surface area (Å²) in [6, 6.07) is 6.74. The van der Waals surface area contributed by atoms with Crippen LogP contribution in [0, 0.1) is 0 Å². The van der Waals surface area contributed by atoms with Gasteiger partial charge in [-0.25, -0.2) is 9.59 Å². The van der Waals surface area contributed by atoms with Crippen LogP contribution >= 0.6 is 0 Å². The number of unbranched alkanes of at least 4 members (excludes halogenated alkanes) is 10. The Morgan fingerprint density at radius 2 is 0.967 bits per heavy atom. The van der Waals surface area contributed by atoms with Crippen molar-refractivity contribution in [3.63, 3.8) is 0 Å². The molecule has 6 heteroatoms. The molecule has 1 aromatic rings. The molecule has 0 saturated carbocycles. The molecule has 0 aliphatic heterocycles. The molecule has 30 heavy (non-hydrogen) atoms. The van der Waals surface area contributed by atoms with Crippen LogP contribution in [0.2, 0.25) is 0 Å². The van der Waals surface area contributed by atoms with E-state index in [0.29, 0.717) is 24.3 Å². The Bertz CT molecular complexity index is 526. The summed E-state index contributed by atoms with van der Waals surface area (Å²) in [4.78, 5) is 24.7. The van der Waals surface area contributed by atoms with E-state index in [0.717, 1.165) is 25.7 Å². The minimum atomic E-state index is -0.444. The zero-order valence-corrected chi connectivity index (χ0v) is 26.1. The first-order chi connectivity index (χ1) is 13.7. The molecule has 0 aromatic heterocycles. The van der Waals surface area contributed by atoms with Crippen LogP contribution in [-0.2, 0) is 9.47 Å². The van der Waals surface area contributed by atoms with Crippen molar-refractivity contribution in [1.29, 1.82) is 0 Å². The molecule has 0 unspecified atom stereocenters. The largest absolute Gasteiger partial charge is 1.00 e. The van der Waals surface area contributed by atoms with Gasteiger partial charge in [-0.15, -0.1) is 0 Å². The predicted molar refractivity (Wildman–Crippen MR) is 116 cm³/mol. The number of ether oxygens (including phenoxy) is 2. The van der Waals surface area contributed by atoms with Crippen LogP contribution in [0.25, 0.3) is 0 Å². The fourth-order valence-corrected chi connectivity index (χ4v) is 3.09. The van der Waals surface area contributed by atoms with Crippen molar-refractivity contribution >= 4 is 11.9 Å². The van der Waals surface area contributed by atoms with Gasteiger partial charge < -0.3 is 12.3 Å². The van der Waals surface area contributed by atoms with E-state index in [1.165, 1.54) is 51.4 Å². The van der Waals surface area contributed by atoms with Crippen molar-refractivity contribution in [3.05, 3.63) is 35.4 Å². The maximum atomic E-state index is 12.4. The monoisotopic (exact) mass is 470 g/mol. The van der Waals surface area contributed by atoms with Crippen LogP contribution in [0.4, 0.5) is 0 Å². The first-order valence-corrected chi connectivity index (χ1v) is 11.1. The molecule has 0 aliphatic rings. The van der Waals surface area contributed by atoms with Gasteiger partial charge in [-0.05, 0) is 25.0 Å². The van der Waals surface area contributed by atoms with E-state index in [-0.39, 0.29) is 106 Å². The third kappa shape index (κ3) is 16.1. The average molecular weight is 471 g/mol. The van der Waals surface area contributed by atoms with Gasteiger partial charge in [-0.3, -0.25) is 0 Å². The van der Waals surface area contributed by atoms with Gasteiger partial charge in [0.05, 0.1) is 24.3 Å². The summed E-state index contributed by atoms with van der Waals surface area (Å²) >= 11 is 0. The molecule has 1 aromatic carbocycles. The van der Waals surface area contributed by atoms with Gasteiger partial charge in [0.1, 0.15) is 0 Å². The molecule has 0 aliphatic carbocycles. The Morgan fingerprint density at radius 1 is 0.633 bits per heavy atom. The first-order valence-electron chi connectivity index (χ1n) is 11.1. The van der Waals surface area contributed by atoms with Crippen LogP contribution in [0.15, 0.2) is 24.3 Å². The molecular weight excluding hydrogens is 430 g/mol. The number of benzene rings is 1. The first kappa shape index (κ1) is 33.6. The molecule has 0 N–H and O–H groups in total. The molecule has 0 radical (unpaired) electrons. The molecule has 0 fully saturated rings. The zero-order valence-electron chi connectivity index (χ0n) is 21.8. The van der Waals surface area contributed by atoms with Gasteiger partial charge in [-0.2, -0.15) is 0 Å². The van der Waals surface area contributed by atoms with Crippen LogP contribution in [0.5, 0.6) is 0 Å². The van der Waals surface area contributed by atoms with E-state index in [1.54, 1.807) is 24.3 Å². The summed E-state index contributed by atoms with van der Waals surface area (Å²) in [5.74, 6) is -0.888. The molecule has 0 amide bonds. The summed E-state index contributed by atoms with van der Waals surface area (Å²) in [6.07, 6.45) is 13.6. The maximum Gasteiger partial charge on any atom is 1.00 e. The molecule has 0 spiro atoms. The van der Waals surface area contributed by atoms with Gasteiger partial charge in [0.25, 0.3) is 0 Å². The molecule has 0 bridgehead atoms. The molecule has 162 valence electrons. The fraction of sp³-hybridized carbons (Fsp3) is 0.667. The second kappa shape index (κ2) is 23.6. The Balaban J connectivity index is -0.000000980. The summed E-state index contributed by atoms with van der Waals surface area (Å²) in [5, 5.41) is 0. The molecule has 1 rings (SSSR count). The van der Waals surface area contributed by atoms with Crippen molar-refractivity contribution in [3.8, 4) is 0 Å². The third-order valence-electron chi connectivity index (χ3n) is 4.83. The molecule has 0 saturated heterocycles. The van der Waals surface area contributed by atoms with E-state index >= 15 is 0 Å². The SMILES string of the molecule is CCCCCCCCOC(=O)c1ccccc1C(=O)OCCCCCCCC.[H-].[H-].[K+].[K+]. The van der Waals surface area contributed by atoms with E-state index in [9.17, 15) is 9.59 Å². The van der Waals surface area contributed by atoms with Crippen molar-refractivity contribution < 1.29 is 125 Å². The molecular formula is C24H40K2O4. The quantitative estimate of drug-likeness (QED) is 0.205. The molecule has 0 heterocycles. The molecule has 4 nitrogen and oxygen atoms in total. The fourth-order valence-electron chi connectivity index (χ4n) is 3.09. The normalized spacial score (nSPS) is 9.93. The van der Waals surface area contributed by atoms with Crippen LogP contribution in [0.1, 0.15) is 114 Å². The van der Waals surface area contributed by atoms with Gasteiger partial charge in [0.15, 0.2) is 0 Å². The van der Waals surface area contributed by atoms with E-state index in [4.69, 9.17) is 9.47 Å². The number of carbonyl (C=O) groups is 2. The minimum absolute atomic E-state index is 0. The third-order valence-corrected chi connectivity index (χ3v) is 4.83. The van der Waals surface area contributed by atoms with Gasteiger partial charge in [0.2, 0.25) is 0 Å². The van der Waals surface area contributed by atoms with Crippen molar-refractivity contribution in [2.24, 2.45) is 0 Å². The van der Waals surface area contributed by atoms with Gasteiger partial charge in [0, 0.05) is 0 Å². The van der Waals surface area contributed by atoms with Crippen molar-refractivity contribution in [1.82, 2.24) is 0 Å². The second-order valence-electron chi connectivity index (χ2n) is 7.35. The Morgan fingerprint density at radius 3 is 1.33 bits per heavy atom. The smallest absolute Gasteiger partial charge is 1.00 e. The second-order valence-corrected chi connectivity index (χ2v) is 7.35. The van der Waals surface area contributed by atoms with Crippen molar-refractivity contribution in [2.75, 3.05) is 13.2 Å². The molecule has 0 atom stereocenters. The zero-order chi connectivity index (χ0) is 20.5. The number of esters is 2. The van der Waals surface area contributed by atoms with E-state index in [1.807, 2.05) is 0 Å².